The Kier molecular flexibility index (Phi) is 8.67. The molecule has 0 aliphatic carbocycles. The number of nitrogens with zero attached hydrogens (tertiary/aromatic N) is 3. The second kappa shape index (κ2) is 12.0. The molecule has 0 aliphatic heterocycles. The number of alkyl halides is 3. The Labute approximate surface area is 238 Å². The van der Waals surface area contributed by atoms with Gasteiger partial charge in [0.2, 0.25) is 5.13 Å². The zero-order valence-corrected chi connectivity index (χ0v) is 22.7. The normalized spacial score (nSPS) is 11.5. The van der Waals surface area contributed by atoms with Crippen molar-refractivity contribution >= 4 is 43.2 Å². The highest BCUT2D eigenvalue weighted by molar-refractivity contribution is 7.93. The minimum Gasteiger partial charge on any atom is -0.496 e. The van der Waals surface area contributed by atoms with Crippen molar-refractivity contribution in [1.82, 2.24) is 15.2 Å². The minimum absolute atomic E-state index is 0.0628. The number of aromatic nitrogens is 3. The summed E-state index contributed by atoms with van der Waals surface area (Å²) < 4.78 is 92.6. The Morgan fingerprint density at radius 1 is 0.976 bits per heavy atom. The first-order chi connectivity index (χ1) is 19.8. The second-order valence-electron chi connectivity index (χ2n) is 8.27. The highest BCUT2D eigenvalue weighted by atomic mass is 32.2. The van der Waals surface area contributed by atoms with Gasteiger partial charge in [-0.05, 0) is 59.0 Å². The van der Waals surface area contributed by atoms with Crippen molar-refractivity contribution in [2.24, 2.45) is 0 Å². The first-order valence-corrected chi connectivity index (χ1v) is 13.8. The van der Waals surface area contributed by atoms with Crippen LogP contribution < -0.4 is 9.46 Å². The van der Waals surface area contributed by atoms with Gasteiger partial charge >= 0.3 is 12.1 Å². The monoisotopic (exact) mass is 624 g/mol. The summed E-state index contributed by atoms with van der Waals surface area (Å²) in [5.41, 5.74) is 3.58. The summed E-state index contributed by atoms with van der Waals surface area (Å²) in [7, 11) is -2.37. The maximum atomic E-state index is 13.7. The molecule has 2 aromatic heterocycles. The van der Waals surface area contributed by atoms with Crippen LogP contribution in [0.4, 0.5) is 27.1 Å². The number of sulfonamides is 1. The molecule has 0 atom stereocenters. The van der Waals surface area contributed by atoms with Gasteiger partial charge in [0.15, 0.2) is 0 Å². The molecule has 42 heavy (non-hydrogen) atoms. The fourth-order valence-corrected chi connectivity index (χ4v) is 5.44. The lowest BCUT2D eigenvalue weighted by Crippen LogP contribution is -2.21. The van der Waals surface area contributed by atoms with Crippen molar-refractivity contribution in [3.8, 4) is 28.1 Å². The Morgan fingerprint density at radius 3 is 2.26 bits per heavy atom. The molecule has 9 nitrogen and oxygen atoms in total. The molecule has 0 spiro atoms. The quantitative estimate of drug-likeness (QED) is 0.216. The van der Waals surface area contributed by atoms with E-state index in [1.165, 1.54) is 30.8 Å². The Balaban J connectivity index is 0.000000517. The fourth-order valence-electron chi connectivity index (χ4n) is 3.72. The first kappa shape index (κ1) is 30.3. The highest BCUT2D eigenvalue weighted by Gasteiger charge is 2.38. The topological polar surface area (TPSA) is 131 Å². The number of pyridine rings is 1. The lowest BCUT2D eigenvalue weighted by molar-refractivity contribution is -0.192. The van der Waals surface area contributed by atoms with Gasteiger partial charge in [-0.25, -0.2) is 22.0 Å². The Hall–Kier alpha value is -4.70. The first-order valence-electron chi connectivity index (χ1n) is 11.4. The maximum Gasteiger partial charge on any atom is 0.490 e. The molecule has 0 unspecified atom stereocenters. The number of hydrogen-bond acceptors (Lipinski definition) is 8. The third kappa shape index (κ3) is 6.95. The molecule has 5 aromatic rings. The molecule has 0 radical (unpaired) electrons. The van der Waals surface area contributed by atoms with Crippen LogP contribution in [0.25, 0.3) is 33.2 Å². The van der Waals surface area contributed by atoms with Gasteiger partial charge in [-0.3, -0.25) is 9.71 Å². The number of carboxylic acids is 1. The molecule has 16 heteroatoms. The Bertz CT molecular complexity index is 1850. The van der Waals surface area contributed by atoms with Crippen LogP contribution in [0.15, 0.2) is 77.3 Å². The number of halogens is 5. The van der Waals surface area contributed by atoms with E-state index in [4.69, 9.17) is 14.6 Å². The number of aliphatic carboxylic acids is 1. The van der Waals surface area contributed by atoms with E-state index in [-0.39, 0.29) is 10.0 Å². The van der Waals surface area contributed by atoms with Crippen molar-refractivity contribution in [3.63, 3.8) is 0 Å². The van der Waals surface area contributed by atoms with Crippen molar-refractivity contribution in [1.29, 1.82) is 0 Å². The van der Waals surface area contributed by atoms with E-state index in [1.807, 2.05) is 0 Å². The molecule has 0 aliphatic rings. The predicted octanol–water partition coefficient (Wildman–Crippen LogP) is 6.14. The van der Waals surface area contributed by atoms with Gasteiger partial charge in [-0.2, -0.15) is 13.2 Å². The lowest BCUT2D eigenvalue weighted by Gasteiger charge is -2.13. The number of rotatable bonds is 6. The van der Waals surface area contributed by atoms with Crippen molar-refractivity contribution in [2.75, 3.05) is 11.8 Å². The van der Waals surface area contributed by atoms with Crippen LogP contribution in [-0.2, 0) is 14.8 Å². The van der Waals surface area contributed by atoms with Crippen LogP contribution in [-0.4, -0.2) is 48.0 Å². The standard InChI is InChI=1S/C24H16F2N4O3S2.C2HF3O2/c1-33-22-11-14(16-8-17(25)12-18(26)9-16)2-4-21(22)23-20-5-3-19(10-15(20)6-7-27-23)35(31,32)30-24-29-28-13-34-24;3-2(4,5)1(6)7/h2-13H,1H3,(H,29,30);(H,6,7). The number of methoxy groups -OCH3 is 1. The van der Waals surface area contributed by atoms with Gasteiger partial charge in [0.25, 0.3) is 10.0 Å². The molecule has 2 heterocycles. The molecule has 0 amide bonds. The van der Waals surface area contributed by atoms with E-state index in [0.29, 0.717) is 38.9 Å². The van der Waals surface area contributed by atoms with E-state index in [9.17, 15) is 30.4 Å². The molecule has 0 fully saturated rings. The minimum atomic E-state index is -5.08. The highest BCUT2D eigenvalue weighted by Crippen LogP contribution is 2.37. The summed E-state index contributed by atoms with van der Waals surface area (Å²) in [5.74, 6) is -3.66. The number of fused-ring (bicyclic) bond motifs is 1. The number of carboxylic acid groups (broad SMARTS) is 1. The number of ether oxygens (including phenoxy) is 1. The molecule has 218 valence electrons. The number of benzene rings is 3. The van der Waals surface area contributed by atoms with Gasteiger partial charge in [-0.1, -0.05) is 23.5 Å². The second-order valence-corrected chi connectivity index (χ2v) is 10.8. The third-order valence-electron chi connectivity index (χ3n) is 5.52. The van der Waals surface area contributed by atoms with Gasteiger partial charge in [0.05, 0.1) is 17.7 Å². The predicted molar refractivity (Wildman–Crippen MR) is 143 cm³/mol. The van der Waals surface area contributed by atoms with Crippen LogP contribution in [0.2, 0.25) is 0 Å². The molecule has 0 bridgehead atoms. The molecule has 3 aromatic carbocycles. The van der Waals surface area contributed by atoms with E-state index in [0.717, 1.165) is 17.4 Å². The summed E-state index contributed by atoms with van der Waals surface area (Å²) in [4.78, 5) is 13.4. The number of hydrogen-bond donors (Lipinski definition) is 2. The summed E-state index contributed by atoms with van der Waals surface area (Å²) in [6, 6.07) is 14.8. The van der Waals surface area contributed by atoms with Gasteiger partial charge < -0.3 is 9.84 Å². The molecule has 5 rings (SSSR count). The lowest BCUT2D eigenvalue weighted by atomic mass is 9.99. The fraction of sp³-hybridized carbons (Fsp3) is 0.0769. The Morgan fingerprint density at radius 2 is 1.67 bits per heavy atom. The van der Waals surface area contributed by atoms with Crippen LogP contribution in [0.5, 0.6) is 5.75 Å². The van der Waals surface area contributed by atoms with Crippen molar-refractivity contribution < 1.29 is 45.0 Å². The summed E-state index contributed by atoms with van der Waals surface area (Å²) in [5, 5.41) is 16.0. The zero-order chi connectivity index (χ0) is 30.7. The average molecular weight is 625 g/mol. The van der Waals surface area contributed by atoms with E-state index in [2.05, 4.69) is 19.9 Å². The molecule has 0 saturated heterocycles. The van der Waals surface area contributed by atoms with E-state index < -0.39 is 33.8 Å². The molecule has 0 saturated carbocycles. The van der Waals surface area contributed by atoms with Crippen LogP contribution in [0.1, 0.15) is 0 Å². The third-order valence-corrected chi connectivity index (χ3v) is 7.60. The smallest absolute Gasteiger partial charge is 0.490 e. The van der Waals surface area contributed by atoms with E-state index >= 15 is 0 Å². The summed E-state index contributed by atoms with van der Waals surface area (Å²) in [6.07, 6.45) is -3.51. The van der Waals surface area contributed by atoms with Gasteiger partial charge in [0, 0.05) is 23.2 Å². The van der Waals surface area contributed by atoms with Crippen molar-refractivity contribution in [2.45, 2.75) is 11.1 Å². The van der Waals surface area contributed by atoms with Gasteiger partial charge in [-0.15, -0.1) is 10.2 Å². The molecular formula is C26H17F5N4O5S2. The summed E-state index contributed by atoms with van der Waals surface area (Å²) in [6.45, 7) is 0. The molecular weight excluding hydrogens is 607 g/mol. The van der Waals surface area contributed by atoms with Crippen LogP contribution >= 0.6 is 11.3 Å². The van der Waals surface area contributed by atoms with Crippen LogP contribution in [0.3, 0.4) is 0 Å². The zero-order valence-electron chi connectivity index (χ0n) is 21.1. The van der Waals surface area contributed by atoms with Crippen molar-refractivity contribution in [3.05, 3.63) is 84.0 Å². The largest absolute Gasteiger partial charge is 0.496 e. The van der Waals surface area contributed by atoms with Gasteiger partial charge in [0.1, 0.15) is 22.9 Å². The average Bonchev–Trinajstić information content (AvgIpc) is 3.43. The number of carbonyl (C=O) groups is 1. The van der Waals surface area contributed by atoms with Crippen LogP contribution in [0, 0.1) is 11.6 Å². The maximum absolute atomic E-state index is 13.7. The summed E-state index contributed by atoms with van der Waals surface area (Å²) >= 11 is 1.07. The SMILES string of the molecule is COc1cc(-c2cc(F)cc(F)c2)ccc1-c1nccc2cc(S(=O)(=O)Nc3nncs3)ccc12.O=C(O)C(F)(F)F. The molecule has 2 N–H and O–H groups in total. The van der Waals surface area contributed by atoms with E-state index in [1.54, 1.807) is 42.6 Å². The number of anilines is 1. The number of nitrogens with one attached hydrogen (secondary N) is 1.